The van der Waals surface area contributed by atoms with Gasteiger partial charge in [0.1, 0.15) is 0 Å². The van der Waals surface area contributed by atoms with Gasteiger partial charge in [0.2, 0.25) is 0 Å². The van der Waals surface area contributed by atoms with E-state index in [2.05, 4.69) is 55.0 Å². The molecule has 100 valence electrons. The first-order chi connectivity index (χ1) is 8.59. The van der Waals surface area contributed by atoms with Crippen LogP contribution in [0, 0.1) is 0 Å². The molecule has 2 rings (SSSR count). The molecular formula is C15H24N2O. The standard InChI is InChI=1S/C15H24N2O/c1-4-15(18,5-2)12-17-11-10-16(3)13-8-6-7-9-14(13)17/h6-9,18H,4-5,10-12H2,1-3H3. The van der Waals surface area contributed by atoms with Gasteiger partial charge in [0.25, 0.3) is 0 Å². The van der Waals surface area contributed by atoms with Crippen LogP contribution >= 0.6 is 0 Å². The molecule has 0 radical (unpaired) electrons. The predicted octanol–water partition coefficient (Wildman–Crippen LogP) is 2.49. The molecule has 3 nitrogen and oxygen atoms in total. The van der Waals surface area contributed by atoms with E-state index in [1.807, 2.05) is 0 Å². The molecule has 1 heterocycles. The third kappa shape index (κ3) is 2.46. The third-order valence-corrected chi connectivity index (χ3v) is 4.14. The van der Waals surface area contributed by atoms with Crippen molar-refractivity contribution in [3.8, 4) is 0 Å². The Bertz CT molecular complexity index is 401. The zero-order valence-corrected chi connectivity index (χ0v) is 11.7. The van der Waals surface area contributed by atoms with Crippen LogP contribution in [0.25, 0.3) is 0 Å². The summed E-state index contributed by atoms with van der Waals surface area (Å²) in [6.45, 7) is 6.85. The molecule has 0 aromatic heterocycles. The van der Waals surface area contributed by atoms with Crippen LogP contribution < -0.4 is 9.80 Å². The number of para-hydroxylation sites is 2. The number of likely N-dealkylation sites (N-methyl/N-ethyl adjacent to an activating group) is 1. The van der Waals surface area contributed by atoms with Crippen LogP contribution in [0.2, 0.25) is 0 Å². The Labute approximate surface area is 110 Å². The van der Waals surface area contributed by atoms with Crippen LogP contribution in [-0.4, -0.2) is 37.4 Å². The van der Waals surface area contributed by atoms with Gasteiger partial charge < -0.3 is 14.9 Å². The first-order valence-corrected chi connectivity index (χ1v) is 6.87. The van der Waals surface area contributed by atoms with Crippen molar-refractivity contribution < 1.29 is 5.11 Å². The fourth-order valence-electron chi connectivity index (χ4n) is 2.56. The van der Waals surface area contributed by atoms with Crippen molar-refractivity contribution in [2.75, 3.05) is 36.5 Å². The molecule has 1 N–H and O–H groups in total. The molecular weight excluding hydrogens is 224 g/mol. The SMILES string of the molecule is CCC(O)(CC)CN1CCN(C)c2ccccc21. The summed E-state index contributed by atoms with van der Waals surface area (Å²) in [5.41, 5.74) is 1.94. The van der Waals surface area contributed by atoms with E-state index in [-0.39, 0.29) is 0 Å². The molecule has 3 heteroatoms. The molecule has 1 aromatic rings. The average molecular weight is 248 g/mol. The summed E-state index contributed by atoms with van der Waals surface area (Å²) in [5, 5.41) is 10.5. The first kappa shape index (κ1) is 13.2. The predicted molar refractivity (Wildman–Crippen MR) is 77.5 cm³/mol. The van der Waals surface area contributed by atoms with Crippen molar-refractivity contribution in [1.82, 2.24) is 0 Å². The number of fused-ring (bicyclic) bond motifs is 1. The molecule has 1 aromatic carbocycles. The van der Waals surface area contributed by atoms with Crippen LogP contribution in [0.3, 0.4) is 0 Å². The number of rotatable bonds is 4. The minimum Gasteiger partial charge on any atom is -0.388 e. The van der Waals surface area contributed by atoms with Crippen LogP contribution in [0.4, 0.5) is 11.4 Å². The highest BCUT2D eigenvalue weighted by molar-refractivity contribution is 5.73. The Morgan fingerprint density at radius 2 is 1.72 bits per heavy atom. The maximum atomic E-state index is 10.5. The van der Waals surface area contributed by atoms with Crippen molar-refractivity contribution in [1.29, 1.82) is 0 Å². The normalized spacial score (nSPS) is 15.8. The lowest BCUT2D eigenvalue weighted by Gasteiger charge is -2.41. The van der Waals surface area contributed by atoms with Gasteiger partial charge in [-0.2, -0.15) is 0 Å². The second-order valence-electron chi connectivity index (χ2n) is 5.26. The lowest BCUT2D eigenvalue weighted by molar-refractivity contribution is 0.0393. The highest BCUT2D eigenvalue weighted by Gasteiger charge is 2.29. The molecule has 0 fully saturated rings. The van der Waals surface area contributed by atoms with E-state index in [0.717, 1.165) is 32.5 Å². The molecule has 18 heavy (non-hydrogen) atoms. The van der Waals surface area contributed by atoms with E-state index in [1.54, 1.807) is 0 Å². The summed E-state index contributed by atoms with van der Waals surface area (Å²) in [5.74, 6) is 0. The number of hydrogen-bond donors (Lipinski definition) is 1. The van der Waals surface area contributed by atoms with Gasteiger partial charge in [0, 0.05) is 26.7 Å². The van der Waals surface area contributed by atoms with E-state index in [4.69, 9.17) is 0 Å². The summed E-state index contributed by atoms with van der Waals surface area (Å²) < 4.78 is 0. The second kappa shape index (κ2) is 5.19. The molecule has 0 aliphatic carbocycles. The molecule has 0 saturated heterocycles. The number of anilines is 2. The maximum Gasteiger partial charge on any atom is 0.0816 e. The molecule has 1 aliphatic rings. The van der Waals surface area contributed by atoms with Crippen LogP contribution in [-0.2, 0) is 0 Å². The lowest BCUT2D eigenvalue weighted by Crippen LogP contribution is -2.47. The fraction of sp³-hybridized carbons (Fsp3) is 0.600. The zero-order chi connectivity index (χ0) is 13.2. The molecule has 1 aliphatic heterocycles. The van der Waals surface area contributed by atoms with Gasteiger partial charge >= 0.3 is 0 Å². The van der Waals surface area contributed by atoms with Crippen molar-refractivity contribution in [3.63, 3.8) is 0 Å². The van der Waals surface area contributed by atoms with Crippen molar-refractivity contribution >= 4 is 11.4 Å². The quantitative estimate of drug-likeness (QED) is 0.887. The minimum absolute atomic E-state index is 0.566. The molecule has 0 amide bonds. The molecule has 0 unspecified atom stereocenters. The number of aliphatic hydroxyl groups is 1. The van der Waals surface area contributed by atoms with Crippen molar-refractivity contribution in [2.45, 2.75) is 32.3 Å². The molecule has 0 atom stereocenters. The highest BCUT2D eigenvalue weighted by Crippen LogP contribution is 2.33. The number of hydrogen-bond acceptors (Lipinski definition) is 3. The van der Waals surface area contributed by atoms with Gasteiger partial charge in [0.15, 0.2) is 0 Å². The third-order valence-electron chi connectivity index (χ3n) is 4.14. The Morgan fingerprint density at radius 1 is 1.11 bits per heavy atom. The van der Waals surface area contributed by atoms with E-state index < -0.39 is 5.60 Å². The number of nitrogens with zero attached hydrogens (tertiary/aromatic N) is 2. The van der Waals surface area contributed by atoms with Gasteiger partial charge in [-0.15, -0.1) is 0 Å². The summed E-state index contributed by atoms with van der Waals surface area (Å²) in [6.07, 6.45) is 1.61. The summed E-state index contributed by atoms with van der Waals surface area (Å²) in [7, 11) is 2.13. The van der Waals surface area contributed by atoms with Crippen molar-refractivity contribution in [2.24, 2.45) is 0 Å². The smallest absolute Gasteiger partial charge is 0.0816 e. The van der Waals surface area contributed by atoms with Crippen LogP contribution in [0.5, 0.6) is 0 Å². The zero-order valence-electron chi connectivity index (χ0n) is 11.7. The summed E-state index contributed by atoms with van der Waals surface area (Å²) >= 11 is 0. The van der Waals surface area contributed by atoms with Crippen molar-refractivity contribution in [3.05, 3.63) is 24.3 Å². The van der Waals surface area contributed by atoms with Gasteiger partial charge in [-0.1, -0.05) is 26.0 Å². The van der Waals surface area contributed by atoms with Gasteiger partial charge in [-0.3, -0.25) is 0 Å². The van der Waals surface area contributed by atoms with E-state index in [0.29, 0.717) is 0 Å². The van der Waals surface area contributed by atoms with Gasteiger partial charge in [0.05, 0.1) is 17.0 Å². The Kier molecular flexibility index (Phi) is 3.81. The van der Waals surface area contributed by atoms with E-state index in [1.165, 1.54) is 11.4 Å². The van der Waals surface area contributed by atoms with Gasteiger partial charge in [-0.25, -0.2) is 0 Å². The maximum absolute atomic E-state index is 10.5. The first-order valence-electron chi connectivity index (χ1n) is 6.87. The Hall–Kier alpha value is -1.22. The second-order valence-corrected chi connectivity index (χ2v) is 5.26. The summed E-state index contributed by atoms with van der Waals surface area (Å²) in [6, 6.07) is 8.45. The fourth-order valence-corrected chi connectivity index (χ4v) is 2.56. The van der Waals surface area contributed by atoms with Gasteiger partial charge in [-0.05, 0) is 25.0 Å². The summed E-state index contributed by atoms with van der Waals surface area (Å²) in [4.78, 5) is 4.60. The Balaban J connectivity index is 2.24. The minimum atomic E-state index is -0.566. The molecule has 0 spiro atoms. The van der Waals surface area contributed by atoms with Crippen LogP contribution in [0.1, 0.15) is 26.7 Å². The van der Waals surface area contributed by atoms with E-state index in [9.17, 15) is 5.11 Å². The largest absolute Gasteiger partial charge is 0.388 e. The molecule has 0 saturated carbocycles. The average Bonchev–Trinajstić information content (AvgIpc) is 2.42. The highest BCUT2D eigenvalue weighted by atomic mass is 16.3. The molecule has 0 bridgehead atoms. The number of β-amino-alcohol motifs (C(OH)–C–C–N with tert-alkyl or cyclic N) is 1. The Morgan fingerprint density at radius 3 is 2.33 bits per heavy atom. The topological polar surface area (TPSA) is 26.7 Å². The van der Waals surface area contributed by atoms with Crippen LogP contribution in [0.15, 0.2) is 24.3 Å². The lowest BCUT2D eigenvalue weighted by atomic mass is 9.96. The van der Waals surface area contributed by atoms with E-state index >= 15 is 0 Å². The number of benzene rings is 1. The monoisotopic (exact) mass is 248 g/mol.